The molecule has 0 aliphatic carbocycles. The van der Waals surface area contributed by atoms with E-state index >= 15 is 0 Å². The molecule has 0 spiro atoms. The van der Waals surface area contributed by atoms with Crippen molar-refractivity contribution in [3.05, 3.63) is 101 Å². The molecule has 0 fully saturated rings. The molecule has 0 aliphatic heterocycles. The van der Waals surface area contributed by atoms with Crippen LogP contribution >= 0.6 is 11.6 Å². The number of hydrogen-bond donors (Lipinski definition) is 1. The number of halogens is 3. The van der Waals surface area contributed by atoms with Gasteiger partial charge in [0, 0.05) is 16.8 Å². The maximum absolute atomic E-state index is 13.5. The van der Waals surface area contributed by atoms with Gasteiger partial charge in [0.2, 0.25) is 10.0 Å². The highest BCUT2D eigenvalue weighted by Gasteiger charge is 2.20. The first kappa shape index (κ1) is 26.7. The number of rotatable bonds is 8. The molecule has 12 heteroatoms. The molecule has 0 amide bonds. The zero-order chi connectivity index (χ0) is 27.7. The molecular weight excluding hydrogens is 546 g/mol. The molecule has 39 heavy (non-hydrogen) atoms. The van der Waals surface area contributed by atoms with E-state index in [9.17, 15) is 17.2 Å². The summed E-state index contributed by atoms with van der Waals surface area (Å²) >= 11 is 6.03. The van der Waals surface area contributed by atoms with Crippen molar-refractivity contribution in [3.63, 3.8) is 0 Å². The molecule has 0 atom stereocenters. The predicted octanol–water partition coefficient (Wildman–Crippen LogP) is 5.65. The molecule has 0 bridgehead atoms. The van der Waals surface area contributed by atoms with Gasteiger partial charge >= 0.3 is 0 Å². The first-order valence-electron chi connectivity index (χ1n) is 11.8. The first-order chi connectivity index (χ1) is 18.7. The number of imidazole rings is 1. The highest BCUT2D eigenvalue weighted by atomic mass is 35.5. The molecule has 0 unspecified atom stereocenters. The molecule has 3 aromatic carbocycles. The summed E-state index contributed by atoms with van der Waals surface area (Å²) in [5.74, 6) is 0.387. The van der Waals surface area contributed by atoms with Crippen molar-refractivity contribution in [3.8, 4) is 28.1 Å². The van der Waals surface area contributed by atoms with E-state index in [1.807, 2.05) is 18.2 Å². The van der Waals surface area contributed by atoms with Crippen LogP contribution in [-0.4, -0.2) is 40.0 Å². The highest BCUT2D eigenvalue weighted by molar-refractivity contribution is 7.89. The van der Waals surface area contributed by atoms with Crippen molar-refractivity contribution >= 4 is 21.6 Å². The molecule has 5 rings (SSSR count). The zero-order valence-electron chi connectivity index (χ0n) is 20.9. The summed E-state index contributed by atoms with van der Waals surface area (Å²) in [5.41, 5.74) is 3.85. The predicted molar refractivity (Wildman–Crippen MR) is 145 cm³/mol. The summed E-state index contributed by atoms with van der Waals surface area (Å²) in [4.78, 5) is 4.14. The Morgan fingerprint density at radius 2 is 1.77 bits per heavy atom. The second-order valence-corrected chi connectivity index (χ2v) is 11.1. The first-order valence-corrected chi connectivity index (χ1v) is 13.7. The Bertz CT molecular complexity index is 1750. The fourth-order valence-corrected chi connectivity index (χ4v) is 5.18. The molecule has 0 saturated carbocycles. The lowest BCUT2D eigenvalue weighted by atomic mass is 10.00. The summed E-state index contributed by atoms with van der Waals surface area (Å²) in [7, 11) is -2.30. The molecular formula is C27H23ClF2N6O2S. The minimum absolute atomic E-state index is 0.120. The van der Waals surface area contributed by atoms with E-state index in [2.05, 4.69) is 20.0 Å². The minimum Gasteiger partial charge on any atom is -0.303 e. The van der Waals surface area contributed by atoms with Gasteiger partial charge in [-0.25, -0.2) is 31.6 Å². The van der Waals surface area contributed by atoms with Crippen LogP contribution in [-0.2, 0) is 16.6 Å². The largest absolute Gasteiger partial charge is 0.303 e. The molecule has 1 N–H and O–H groups in total. The molecule has 200 valence electrons. The molecule has 8 nitrogen and oxygen atoms in total. The van der Waals surface area contributed by atoms with Crippen molar-refractivity contribution in [2.45, 2.75) is 24.8 Å². The molecule has 0 aliphatic rings. The van der Waals surface area contributed by atoms with Crippen LogP contribution in [0.15, 0.2) is 84.0 Å². The fourth-order valence-electron chi connectivity index (χ4n) is 4.28. The fraction of sp³-hybridized carbons (Fsp3) is 0.148. The van der Waals surface area contributed by atoms with Gasteiger partial charge in [-0.15, -0.1) is 5.10 Å². The van der Waals surface area contributed by atoms with E-state index in [4.69, 9.17) is 11.6 Å². The number of benzene rings is 3. The van der Waals surface area contributed by atoms with Crippen LogP contribution < -0.4 is 4.72 Å². The van der Waals surface area contributed by atoms with E-state index in [1.165, 1.54) is 19.3 Å². The Balaban J connectivity index is 1.67. The number of alkyl halides is 2. The van der Waals surface area contributed by atoms with E-state index in [0.29, 0.717) is 45.5 Å². The van der Waals surface area contributed by atoms with Crippen LogP contribution in [0.1, 0.15) is 23.5 Å². The van der Waals surface area contributed by atoms with E-state index in [0.717, 1.165) is 5.56 Å². The maximum Gasteiger partial charge on any atom is 0.281 e. The van der Waals surface area contributed by atoms with Gasteiger partial charge in [0.15, 0.2) is 0 Å². The van der Waals surface area contributed by atoms with Gasteiger partial charge in [-0.2, -0.15) is 0 Å². The van der Waals surface area contributed by atoms with Crippen LogP contribution in [0.25, 0.3) is 28.1 Å². The van der Waals surface area contributed by atoms with Gasteiger partial charge in [-0.1, -0.05) is 47.1 Å². The van der Waals surface area contributed by atoms with Crippen molar-refractivity contribution in [2.75, 3.05) is 7.05 Å². The average molecular weight is 569 g/mol. The summed E-state index contributed by atoms with van der Waals surface area (Å²) < 4.78 is 57.4. The van der Waals surface area contributed by atoms with Gasteiger partial charge in [0.05, 0.1) is 29.0 Å². The standard InChI is InChI=1S/C27H23ClF2N6O2S/c1-17-33-24(27(29)30)16-35(17)25-11-8-20(19-4-3-5-22(12-19)39(37,38)31-2)13-23(25)26-14-32-34-36(26)15-18-6-9-21(28)10-7-18/h3-14,16,27,31H,15H2,1-2H3. The topological polar surface area (TPSA) is 94.7 Å². The van der Waals surface area contributed by atoms with Gasteiger partial charge in [0.25, 0.3) is 6.43 Å². The number of sulfonamides is 1. The van der Waals surface area contributed by atoms with Crippen LogP contribution in [0.2, 0.25) is 5.02 Å². The lowest BCUT2D eigenvalue weighted by molar-refractivity contribution is 0.146. The van der Waals surface area contributed by atoms with Crippen LogP contribution in [0, 0.1) is 6.92 Å². The van der Waals surface area contributed by atoms with Gasteiger partial charge in [-0.3, -0.25) is 0 Å². The Labute approximate surface area is 228 Å². The quantitative estimate of drug-likeness (QED) is 0.261. The number of hydrogen-bond acceptors (Lipinski definition) is 5. The summed E-state index contributed by atoms with van der Waals surface area (Å²) in [6, 6.07) is 19.3. The lowest BCUT2D eigenvalue weighted by Crippen LogP contribution is -2.18. The lowest BCUT2D eigenvalue weighted by Gasteiger charge is -2.16. The monoisotopic (exact) mass is 568 g/mol. The summed E-state index contributed by atoms with van der Waals surface area (Å²) in [5, 5.41) is 8.99. The van der Waals surface area contributed by atoms with E-state index in [-0.39, 0.29) is 10.6 Å². The third kappa shape index (κ3) is 5.47. The van der Waals surface area contributed by atoms with Gasteiger partial charge < -0.3 is 4.57 Å². The summed E-state index contributed by atoms with van der Waals surface area (Å²) in [6.07, 6.45) is 0.189. The minimum atomic E-state index is -3.66. The van der Waals surface area contributed by atoms with Crippen molar-refractivity contribution in [1.82, 2.24) is 29.3 Å². The van der Waals surface area contributed by atoms with Crippen molar-refractivity contribution in [1.29, 1.82) is 0 Å². The number of aromatic nitrogens is 5. The highest BCUT2D eigenvalue weighted by Crippen LogP contribution is 2.34. The third-order valence-electron chi connectivity index (χ3n) is 6.27. The Morgan fingerprint density at radius 3 is 2.46 bits per heavy atom. The third-order valence-corrected chi connectivity index (χ3v) is 7.93. The Morgan fingerprint density at radius 1 is 1.03 bits per heavy atom. The van der Waals surface area contributed by atoms with E-state index in [1.54, 1.807) is 64.8 Å². The van der Waals surface area contributed by atoms with Crippen LogP contribution in [0.5, 0.6) is 0 Å². The maximum atomic E-state index is 13.5. The van der Waals surface area contributed by atoms with Crippen LogP contribution in [0.4, 0.5) is 8.78 Å². The molecule has 0 radical (unpaired) electrons. The smallest absolute Gasteiger partial charge is 0.281 e. The van der Waals surface area contributed by atoms with Crippen molar-refractivity contribution in [2.24, 2.45) is 0 Å². The van der Waals surface area contributed by atoms with Gasteiger partial charge in [0.1, 0.15) is 11.5 Å². The Hall–Kier alpha value is -3.93. The van der Waals surface area contributed by atoms with Crippen LogP contribution in [0.3, 0.4) is 0 Å². The van der Waals surface area contributed by atoms with Gasteiger partial charge in [-0.05, 0) is 67.1 Å². The summed E-state index contributed by atoms with van der Waals surface area (Å²) in [6.45, 7) is 2.04. The average Bonchev–Trinajstić information content (AvgIpc) is 3.56. The number of aryl methyl sites for hydroxylation is 1. The molecule has 2 aromatic heterocycles. The Kier molecular flexibility index (Phi) is 7.30. The molecule has 0 saturated heterocycles. The van der Waals surface area contributed by atoms with E-state index < -0.39 is 16.4 Å². The SMILES string of the molecule is CNS(=O)(=O)c1cccc(-c2ccc(-n3cc(C(F)F)nc3C)c(-c3cnnn3Cc3ccc(Cl)cc3)c2)c1. The normalized spacial score (nSPS) is 11.8. The molecule has 2 heterocycles. The van der Waals surface area contributed by atoms with Crippen molar-refractivity contribution < 1.29 is 17.2 Å². The number of nitrogens with zero attached hydrogens (tertiary/aromatic N) is 5. The second kappa shape index (κ2) is 10.7. The second-order valence-electron chi connectivity index (χ2n) is 8.75. The zero-order valence-corrected chi connectivity index (χ0v) is 22.5. The number of nitrogens with one attached hydrogen (secondary N) is 1. The molecule has 5 aromatic rings.